The van der Waals surface area contributed by atoms with E-state index in [1.165, 1.54) is 44.6 Å². The average Bonchev–Trinajstić information content (AvgIpc) is 2.35. The summed E-state index contributed by atoms with van der Waals surface area (Å²) in [6.07, 6.45) is 12.6. The molecule has 0 fully saturated rings. The minimum absolute atomic E-state index is 0.514. The fraction of sp³-hybridized carbons (Fsp3) is 0.733. The van der Waals surface area contributed by atoms with Gasteiger partial charge in [-0.05, 0) is 12.8 Å². The molecule has 4 heteroatoms. The van der Waals surface area contributed by atoms with Crippen molar-refractivity contribution in [2.45, 2.75) is 71.1 Å². The van der Waals surface area contributed by atoms with Gasteiger partial charge < -0.3 is 10.2 Å². The summed E-state index contributed by atoms with van der Waals surface area (Å²) in [6.45, 7) is 2.20. The predicted molar refractivity (Wildman–Crippen MR) is 75.2 cm³/mol. The Morgan fingerprint density at radius 3 is 1.63 bits per heavy atom. The van der Waals surface area contributed by atoms with Crippen LogP contribution in [0.25, 0.3) is 0 Å². The van der Waals surface area contributed by atoms with E-state index in [0.29, 0.717) is 6.42 Å². The van der Waals surface area contributed by atoms with Gasteiger partial charge in [0, 0.05) is 0 Å². The van der Waals surface area contributed by atoms with Gasteiger partial charge in [-0.1, -0.05) is 64.4 Å². The molecule has 0 bridgehead atoms. The van der Waals surface area contributed by atoms with E-state index in [9.17, 15) is 9.59 Å². The van der Waals surface area contributed by atoms with Crippen molar-refractivity contribution in [3.05, 3.63) is 11.6 Å². The van der Waals surface area contributed by atoms with Crippen LogP contribution >= 0.6 is 0 Å². The molecule has 0 spiro atoms. The summed E-state index contributed by atoms with van der Waals surface area (Å²) in [5.41, 5.74) is -0.514. The molecule has 0 unspecified atom stereocenters. The lowest BCUT2D eigenvalue weighted by molar-refractivity contribution is -0.140. The summed E-state index contributed by atoms with van der Waals surface area (Å²) >= 11 is 0. The van der Waals surface area contributed by atoms with Crippen LogP contribution in [0.5, 0.6) is 0 Å². The predicted octanol–water partition coefficient (Wildman–Crippen LogP) is 4.00. The Kier molecular flexibility index (Phi) is 10.9. The molecule has 2 N–H and O–H groups in total. The molecule has 19 heavy (non-hydrogen) atoms. The first-order valence-corrected chi connectivity index (χ1v) is 7.26. The Bertz CT molecular complexity index is 279. The fourth-order valence-corrected chi connectivity index (χ4v) is 1.97. The molecular weight excluding hydrogens is 244 g/mol. The third-order valence-electron chi connectivity index (χ3n) is 3.12. The number of carboxylic acid groups (broad SMARTS) is 2. The number of aliphatic carboxylic acids is 2. The molecule has 0 heterocycles. The molecule has 0 aliphatic rings. The van der Waals surface area contributed by atoms with Crippen LogP contribution in [0, 0.1) is 0 Å². The number of allylic oxidation sites excluding steroid dienone is 1. The SMILES string of the molecule is CCCCCCCCCCCC=C(C(=O)O)C(=O)O. The summed E-state index contributed by atoms with van der Waals surface area (Å²) in [6, 6.07) is 0. The molecule has 0 saturated carbocycles. The maximum atomic E-state index is 10.6. The Morgan fingerprint density at radius 1 is 0.789 bits per heavy atom. The van der Waals surface area contributed by atoms with Crippen LogP contribution in [-0.2, 0) is 9.59 Å². The molecule has 0 aromatic rings. The van der Waals surface area contributed by atoms with Crippen molar-refractivity contribution in [1.29, 1.82) is 0 Å². The number of hydrogen-bond acceptors (Lipinski definition) is 2. The smallest absolute Gasteiger partial charge is 0.342 e. The second-order valence-electron chi connectivity index (χ2n) is 4.85. The first kappa shape index (κ1) is 17.7. The molecular formula is C15H26O4. The summed E-state index contributed by atoms with van der Waals surface area (Å²) < 4.78 is 0. The molecule has 0 aliphatic heterocycles. The molecule has 0 aromatic carbocycles. The molecule has 0 aliphatic carbocycles. The van der Waals surface area contributed by atoms with Crippen molar-refractivity contribution in [2.75, 3.05) is 0 Å². The zero-order valence-electron chi connectivity index (χ0n) is 11.9. The largest absolute Gasteiger partial charge is 0.477 e. The Morgan fingerprint density at radius 2 is 1.21 bits per heavy atom. The van der Waals surface area contributed by atoms with Crippen LogP contribution in [0.4, 0.5) is 0 Å². The highest BCUT2D eigenvalue weighted by atomic mass is 16.4. The number of unbranched alkanes of at least 4 members (excludes halogenated alkanes) is 9. The molecule has 0 atom stereocenters. The zero-order chi connectivity index (χ0) is 14.5. The lowest BCUT2D eigenvalue weighted by Crippen LogP contribution is -2.10. The van der Waals surface area contributed by atoms with Crippen molar-refractivity contribution in [2.24, 2.45) is 0 Å². The summed E-state index contributed by atoms with van der Waals surface area (Å²) in [5.74, 6) is -2.72. The maximum absolute atomic E-state index is 10.6. The molecule has 4 nitrogen and oxygen atoms in total. The average molecular weight is 270 g/mol. The van der Waals surface area contributed by atoms with E-state index in [1.807, 2.05) is 0 Å². The standard InChI is InChI=1S/C15H26O4/c1-2-3-4-5-6-7-8-9-10-11-12-13(14(16)17)15(18)19/h12H,2-11H2,1H3,(H,16,17)(H,18,19). The molecule has 0 saturated heterocycles. The second kappa shape index (κ2) is 11.8. The second-order valence-corrected chi connectivity index (χ2v) is 4.85. The van der Waals surface area contributed by atoms with Crippen LogP contribution in [0.3, 0.4) is 0 Å². The van der Waals surface area contributed by atoms with Crippen LogP contribution in [0.2, 0.25) is 0 Å². The van der Waals surface area contributed by atoms with E-state index in [1.54, 1.807) is 0 Å². The lowest BCUT2D eigenvalue weighted by Gasteiger charge is -2.01. The molecule has 0 aromatic heterocycles. The van der Waals surface area contributed by atoms with Crippen molar-refractivity contribution in [1.82, 2.24) is 0 Å². The Hall–Kier alpha value is -1.32. The topological polar surface area (TPSA) is 74.6 Å². The first-order valence-electron chi connectivity index (χ1n) is 7.26. The van der Waals surface area contributed by atoms with Crippen LogP contribution < -0.4 is 0 Å². The monoisotopic (exact) mass is 270 g/mol. The maximum Gasteiger partial charge on any atom is 0.342 e. The molecule has 110 valence electrons. The van der Waals surface area contributed by atoms with Gasteiger partial charge in [0.05, 0.1) is 0 Å². The first-order chi connectivity index (χ1) is 9.09. The fourth-order valence-electron chi connectivity index (χ4n) is 1.97. The van der Waals surface area contributed by atoms with Crippen molar-refractivity contribution >= 4 is 11.9 Å². The van der Waals surface area contributed by atoms with Gasteiger partial charge in [-0.25, -0.2) is 9.59 Å². The number of carbonyl (C=O) groups is 2. The van der Waals surface area contributed by atoms with Crippen molar-refractivity contribution < 1.29 is 19.8 Å². The Labute approximate surface area is 115 Å². The third-order valence-corrected chi connectivity index (χ3v) is 3.12. The molecule has 0 amide bonds. The highest BCUT2D eigenvalue weighted by molar-refractivity contribution is 6.12. The van der Waals surface area contributed by atoms with E-state index < -0.39 is 17.5 Å². The highest BCUT2D eigenvalue weighted by Gasteiger charge is 2.14. The van der Waals surface area contributed by atoms with Gasteiger partial charge in [0.1, 0.15) is 5.57 Å². The number of hydrogen-bond donors (Lipinski definition) is 2. The van der Waals surface area contributed by atoms with E-state index in [-0.39, 0.29) is 0 Å². The lowest BCUT2D eigenvalue weighted by atomic mass is 10.1. The van der Waals surface area contributed by atoms with Gasteiger partial charge in [-0.3, -0.25) is 0 Å². The van der Waals surface area contributed by atoms with Crippen molar-refractivity contribution in [3.63, 3.8) is 0 Å². The van der Waals surface area contributed by atoms with Gasteiger partial charge >= 0.3 is 11.9 Å². The van der Waals surface area contributed by atoms with Crippen LogP contribution in [-0.4, -0.2) is 22.2 Å². The normalized spacial score (nSPS) is 10.2. The number of rotatable bonds is 12. The van der Waals surface area contributed by atoms with Gasteiger partial charge in [0.15, 0.2) is 0 Å². The van der Waals surface area contributed by atoms with Crippen molar-refractivity contribution in [3.8, 4) is 0 Å². The van der Waals surface area contributed by atoms with E-state index in [4.69, 9.17) is 10.2 Å². The zero-order valence-corrected chi connectivity index (χ0v) is 11.9. The van der Waals surface area contributed by atoms with Gasteiger partial charge in [0.25, 0.3) is 0 Å². The molecule has 0 rings (SSSR count). The van der Waals surface area contributed by atoms with E-state index >= 15 is 0 Å². The van der Waals surface area contributed by atoms with Gasteiger partial charge in [-0.15, -0.1) is 0 Å². The highest BCUT2D eigenvalue weighted by Crippen LogP contribution is 2.11. The minimum Gasteiger partial charge on any atom is -0.477 e. The summed E-state index contributed by atoms with van der Waals surface area (Å²) in [4.78, 5) is 21.2. The van der Waals surface area contributed by atoms with Gasteiger partial charge in [0.2, 0.25) is 0 Å². The quantitative estimate of drug-likeness (QED) is 0.243. The van der Waals surface area contributed by atoms with Gasteiger partial charge in [-0.2, -0.15) is 0 Å². The van der Waals surface area contributed by atoms with Crippen LogP contribution in [0.15, 0.2) is 11.6 Å². The van der Waals surface area contributed by atoms with E-state index in [0.717, 1.165) is 19.3 Å². The van der Waals surface area contributed by atoms with Crippen LogP contribution in [0.1, 0.15) is 71.1 Å². The third kappa shape index (κ3) is 10.3. The number of carboxylic acids is 2. The Balaban J connectivity index is 3.51. The summed E-state index contributed by atoms with van der Waals surface area (Å²) in [5, 5.41) is 17.3. The summed E-state index contributed by atoms with van der Waals surface area (Å²) in [7, 11) is 0. The van der Waals surface area contributed by atoms with E-state index in [2.05, 4.69) is 6.92 Å². The minimum atomic E-state index is -1.36. The molecule has 0 radical (unpaired) electrons.